The molecule has 0 radical (unpaired) electrons. The molecule has 0 atom stereocenters. The van der Waals surface area contributed by atoms with Gasteiger partial charge in [0.05, 0.1) is 7.11 Å². The molecule has 0 bridgehead atoms. The van der Waals surface area contributed by atoms with Crippen molar-refractivity contribution in [1.29, 1.82) is 0 Å². The van der Waals surface area contributed by atoms with Crippen molar-refractivity contribution in [3.8, 4) is 5.75 Å². The standard InChI is InChI=1S/C14H18N2O2/c1-11(16)3-6-14(9-15)18-10-12-4-7-13(17-2)8-5-12/h3-9H,1,10,15-16H2,2H3/b6-3-,14-9+. The summed E-state index contributed by atoms with van der Waals surface area (Å²) in [7, 11) is 1.63. The van der Waals surface area contributed by atoms with Crippen molar-refractivity contribution in [2.75, 3.05) is 7.11 Å². The fourth-order valence-electron chi connectivity index (χ4n) is 1.23. The van der Waals surface area contributed by atoms with Gasteiger partial charge in [0.1, 0.15) is 18.1 Å². The molecule has 96 valence electrons. The van der Waals surface area contributed by atoms with Crippen LogP contribution in [-0.2, 0) is 11.3 Å². The van der Waals surface area contributed by atoms with Crippen LogP contribution < -0.4 is 16.2 Å². The van der Waals surface area contributed by atoms with Crippen LogP contribution in [0.1, 0.15) is 5.56 Å². The maximum Gasteiger partial charge on any atom is 0.135 e. The normalized spacial score (nSPS) is 11.5. The second kappa shape index (κ2) is 7.06. The van der Waals surface area contributed by atoms with Crippen molar-refractivity contribution < 1.29 is 9.47 Å². The Morgan fingerprint density at radius 3 is 2.44 bits per heavy atom. The monoisotopic (exact) mass is 246 g/mol. The molecule has 4 N–H and O–H groups in total. The molecular weight excluding hydrogens is 228 g/mol. The van der Waals surface area contributed by atoms with Crippen molar-refractivity contribution in [2.45, 2.75) is 6.61 Å². The summed E-state index contributed by atoms with van der Waals surface area (Å²) in [6.07, 6.45) is 4.68. The Morgan fingerprint density at radius 1 is 1.28 bits per heavy atom. The highest BCUT2D eigenvalue weighted by Gasteiger charge is 1.97. The van der Waals surface area contributed by atoms with Gasteiger partial charge in [-0.1, -0.05) is 18.7 Å². The molecule has 4 heteroatoms. The molecular formula is C14H18N2O2. The summed E-state index contributed by atoms with van der Waals surface area (Å²) in [4.78, 5) is 0. The predicted molar refractivity (Wildman–Crippen MR) is 72.5 cm³/mol. The Kier molecular flexibility index (Phi) is 5.38. The van der Waals surface area contributed by atoms with E-state index in [1.54, 1.807) is 19.3 Å². The Bertz CT molecular complexity index is 447. The summed E-state index contributed by atoms with van der Waals surface area (Å²) in [6, 6.07) is 7.61. The fourth-order valence-corrected chi connectivity index (χ4v) is 1.23. The minimum absolute atomic E-state index is 0.425. The third kappa shape index (κ3) is 4.65. The maximum atomic E-state index is 5.51. The molecule has 0 aliphatic rings. The van der Waals surface area contributed by atoms with E-state index in [4.69, 9.17) is 20.9 Å². The van der Waals surface area contributed by atoms with Gasteiger partial charge in [0.25, 0.3) is 0 Å². The average molecular weight is 246 g/mol. The summed E-state index contributed by atoms with van der Waals surface area (Å²) in [6.45, 7) is 3.98. The lowest BCUT2D eigenvalue weighted by atomic mass is 10.2. The van der Waals surface area contributed by atoms with Crippen molar-refractivity contribution in [3.63, 3.8) is 0 Å². The highest BCUT2D eigenvalue weighted by molar-refractivity contribution is 5.27. The van der Waals surface area contributed by atoms with E-state index in [1.165, 1.54) is 6.20 Å². The molecule has 0 fully saturated rings. The average Bonchev–Trinajstić information content (AvgIpc) is 2.39. The number of allylic oxidation sites excluding steroid dienone is 2. The van der Waals surface area contributed by atoms with E-state index in [0.717, 1.165) is 11.3 Å². The molecule has 0 aliphatic heterocycles. The molecule has 0 spiro atoms. The molecule has 1 rings (SSSR count). The Balaban J connectivity index is 2.54. The van der Waals surface area contributed by atoms with Gasteiger partial charge in [0.15, 0.2) is 0 Å². The first-order valence-corrected chi connectivity index (χ1v) is 5.46. The van der Waals surface area contributed by atoms with Crippen LogP contribution in [0, 0.1) is 0 Å². The number of hydrogen-bond acceptors (Lipinski definition) is 4. The smallest absolute Gasteiger partial charge is 0.135 e. The first-order chi connectivity index (χ1) is 8.65. The highest BCUT2D eigenvalue weighted by atomic mass is 16.5. The molecule has 0 aromatic heterocycles. The van der Waals surface area contributed by atoms with Crippen molar-refractivity contribution >= 4 is 0 Å². The third-order valence-corrected chi connectivity index (χ3v) is 2.19. The van der Waals surface area contributed by atoms with E-state index < -0.39 is 0 Å². The number of rotatable bonds is 6. The lowest BCUT2D eigenvalue weighted by molar-refractivity contribution is 0.210. The van der Waals surface area contributed by atoms with Crippen LogP contribution in [0.2, 0.25) is 0 Å². The first-order valence-electron chi connectivity index (χ1n) is 5.46. The highest BCUT2D eigenvalue weighted by Crippen LogP contribution is 2.13. The summed E-state index contributed by atoms with van der Waals surface area (Å²) in [5, 5.41) is 0. The quantitative estimate of drug-likeness (QED) is 0.595. The van der Waals surface area contributed by atoms with E-state index in [9.17, 15) is 0 Å². The number of ether oxygens (including phenoxy) is 2. The third-order valence-electron chi connectivity index (χ3n) is 2.19. The molecule has 1 aromatic rings. The fraction of sp³-hybridized carbons (Fsp3) is 0.143. The van der Waals surface area contributed by atoms with Gasteiger partial charge in [-0.3, -0.25) is 0 Å². The van der Waals surface area contributed by atoms with Crippen LogP contribution in [-0.4, -0.2) is 7.11 Å². The van der Waals surface area contributed by atoms with E-state index in [2.05, 4.69) is 6.58 Å². The zero-order valence-corrected chi connectivity index (χ0v) is 10.4. The van der Waals surface area contributed by atoms with Crippen LogP contribution in [0.5, 0.6) is 5.75 Å². The van der Waals surface area contributed by atoms with Gasteiger partial charge in [-0.2, -0.15) is 0 Å². The number of benzene rings is 1. The zero-order chi connectivity index (χ0) is 13.4. The van der Waals surface area contributed by atoms with Crippen LogP contribution in [0.15, 0.2) is 60.7 Å². The Hall–Kier alpha value is -2.36. The van der Waals surface area contributed by atoms with Gasteiger partial charge < -0.3 is 20.9 Å². The molecule has 4 nitrogen and oxygen atoms in total. The molecule has 0 unspecified atom stereocenters. The summed E-state index contributed by atoms with van der Waals surface area (Å²) >= 11 is 0. The topological polar surface area (TPSA) is 70.5 Å². The zero-order valence-electron chi connectivity index (χ0n) is 10.4. The van der Waals surface area contributed by atoms with Gasteiger partial charge in [-0.25, -0.2) is 0 Å². The van der Waals surface area contributed by atoms with E-state index in [0.29, 0.717) is 18.1 Å². The van der Waals surface area contributed by atoms with Gasteiger partial charge in [-0.05, 0) is 29.8 Å². The second-order valence-corrected chi connectivity index (χ2v) is 3.61. The molecule has 1 aromatic carbocycles. The van der Waals surface area contributed by atoms with E-state index in [-0.39, 0.29) is 0 Å². The van der Waals surface area contributed by atoms with E-state index >= 15 is 0 Å². The molecule has 0 saturated carbocycles. The van der Waals surface area contributed by atoms with E-state index in [1.807, 2.05) is 24.3 Å². The van der Waals surface area contributed by atoms with Crippen LogP contribution >= 0.6 is 0 Å². The van der Waals surface area contributed by atoms with Crippen molar-refractivity contribution in [2.24, 2.45) is 11.5 Å². The summed E-state index contributed by atoms with van der Waals surface area (Å²) in [5.41, 5.74) is 12.3. The lowest BCUT2D eigenvalue weighted by Gasteiger charge is -2.07. The molecule has 0 saturated heterocycles. The second-order valence-electron chi connectivity index (χ2n) is 3.61. The van der Waals surface area contributed by atoms with Gasteiger partial charge in [0, 0.05) is 11.9 Å². The van der Waals surface area contributed by atoms with Crippen LogP contribution in [0.3, 0.4) is 0 Å². The predicted octanol–water partition coefficient (Wildman–Crippen LogP) is 2.04. The SMILES string of the molecule is C=C(N)/C=C\C(=C/N)OCc1ccc(OC)cc1. The number of methoxy groups -OCH3 is 1. The molecule has 0 amide bonds. The van der Waals surface area contributed by atoms with Gasteiger partial charge >= 0.3 is 0 Å². The first kappa shape index (κ1) is 13.7. The maximum absolute atomic E-state index is 5.51. The molecule has 18 heavy (non-hydrogen) atoms. The summed E-state index contributed by atoms with van der Waals surface area (Å²) in [5.74, 6) is 1.35. The largest absolute Gasteiger partial charge is 0.497 e. The Labute approximate surface area is 107 Å². The minimum Gasteiger partial charge on any atom is -0.497 e. The van der Waals surface area contributed by atoms with Crippen LogP contribution in [0.4, 0.5) is 0 Å². The van der Waals surface area contributed by atoms with Crippen molar-refractivity contribution in [3.05, 3.63) is 66.2 Å². The number of hydrogen-bond donors (Lipinski definition) is 2. The minimum atomic E-state index is 0.425. The Morgan fingerprint density at radius 2 is 1.94 bits per heavy atom. The molecule has 0 heterocycles. The van der Waals surface area contributed by atoms with Gasteiger partial charge in [0.2, 0.25) is 0 Å². The van der Waals surface area contributed by atoms with Gasteiger partial charge in [-0.15, -0.1) is 0 Å². The summed E-state index contributed by atoms with van der Waals surface area (Å²) < 4.78 is 10.6. The number of nitrogens with two attached hydrogens (primary N) is 2. The lowest BCUT2D eigenvalue weighted by Crippen LogP contribution is -1.96. The van der Waals surface area contributed by atoms with Crippen LogP contribution in [0.25, 0.3) is 0 Å². The molecule has 0 aliphatic carbocycles. The van der Waals surface area contributed by atoms with Crippen molar-refractivity contribution in [1.82, 2.24) is 0 Å².